The number of carbonyl (C=O) groups is 2. The minimum atomic E-state index is -1.11. The zero-order chi connectivity index (χ0) is 15.7. The quantitative estimate of drug-likeness (QED) is 0.909. The summed E-state index contributed by atoms with van der Waals surface area (Å²) in [7, 11) is 0. The normalized spacial score (nSPS) is 15.9. The SMILES string of the molecule is O=C(NC1(C(=O)O)CCC1)c1ccc(-c2ccc(F)cc2)s1. The molecule has 1 aromatic carbocycles. The van der Waals surface area contributed by atoms with Crippen molar-refractivity contribution >= 4 is 23.2 Å². The van der Waals surface area contributed by atoms with Crippen LogP contribution in [-0.2, 0) is 4.79 Å². The summed E-state index contributed by atoms with van der Waals surface area (Å²) in [6.45, 7) is 0. The van der Waals surface area contributed by atoms with Crippen LogP contribution in [0.4, 0.5) is 4.39 Å². The highest BCUT2D eigenvalue weighted by Gasteiger charge is 2.45. The maximum Gasteiger partial charge on any atom is 0.329 e. The molecule has 0 atom stereocenters. The third-order valence-corrected chi connectivity index (χ3v) is 5.06. The van der Waals surface area contributed by atoms with E-state index in [0.29, 0.717) is 17.7 Å². The van der Waals surface area contributed by atoms with E-state index in [1.807, 2.05) is 0 Å². The Balaban J connectivity index is 1.77. The summed E-state index contributed by atoms with van der Waals surface area (Å²) < 4.78 is 12.9. The molecule has 1 amide bonds. The number of carboxylic acid groups (broad SMARTS) is 1. The largest absolute Gasteiger partial charge is 0.480 e. The van der Waals surface area contributed by atoms with Crippen LogP contribution < -0.4 is 5.32 Å². The lowest BCUT2D eigenvalue weighted by Gasteiger charge is -2.38. The van der Waals surface area contributed by atoms with Crippen LogP contribution >= 0.6 is 11.3 Å². The second-order valence-corrected chi connectivity index (χ2v) is 6.45. The van der Waals surface area contributed by atoms with E-state index < -0.39 is 11.5 Å². The number of aliphatic carboxylic acids is 1. The highest BCUT2D eigenvalue weighted by atomic mass is 32.1. The second-order valence-electron chi connectivity index (χ2n) is 5.37. The van der Waals surface area contributed by atoms with E-state index in [9.17, 15) is 19.1 Å². The van der Waals surface area contributed by atoms with Crippen molar-refractivity contribution in [2.45, 2.75) is 24.8 Å². The first-order valence-electron chi connectivity index (χ1n) is 6.92. The lowest BCUT2D eigenvalue weighted by molar-refractivity contribution is -0.148. The van der Waals surface area contributed by atoms with Crippen molar-refractivity contribution in [2.24, 2.45) is 0 Å². The van der Waals surface area contributed by atoms with Gasteiger partial charge in [0.1, 0.15) is 11.4 Å². The Labute approximate surface area is 130 Å². The van der Waals surface area contributed by atoms with Crippen molar-refractivity contribution in [3.05, 3.63) is 47.1 Å². The van der Waals surface area contributed by atoms with Gasteiger partial charge in [0, 0.05) is 4.88 Å². The van der Waals surface area contributed by atoms with Crippen LogP contribution in [0.5, 0.6) is 0 Å². The number of rotatable bonds is 4. The van der Waals surface area contributed by atoms with E-state index >= 15 is 0 Å². The summed E-state index contributed by atoms with van der Waals surface area (Å²) in [5, 5.41) is 11.9. The maximum absolute atomic E-state index is 12.9. The highest BCUT2D eigenvalue weighted by Crippen LogP contribution is 2.33. The van der Waals surface area contributed by atoms with Gasteiger partial charge in [0.05, 0.1) is 4.88 Å². The molecule has 1 saturated carbocycles. The van der Waals surface area contributed by atoms with Crippen LogP contribution in [0.3, 0.4) is 0 Å². The van der Waals surface area contributed by atoms with E-state index in [-0.39, 0.29) is 11.7 Å². The molecule has 1 aliphatic carbocycles. The number of carbonyl (C=O) groups excluding carboxylic acids is 1. The minimum Gasteiger partial charge on any atom is -0.480 e. The van der Waals surface area contributed by atoms with Gasteiger partial charge in [0.25, 0.3) is 5.91 Å². The van der Waals surface area contributed by atoms with Gasteiger partial charge >= 0.3 is 5.97 Å². The maximum atomic E-state index is 12.9. The number of hydrogen-bond acceptors (Lipinski definition) is 3. The topological polar surface area (TPSA) is 66.4 Å². The Kier molecular flexibility index (Phi) is 3.70. The van der Waals surface area contributed by atoms with Gasteiger partial charge in [-0.3, -0.25) is 4.79 Å². The molecule has 2 N–H and O–H groups in total. The van der Waals surface area contributed by atoms with Crippen LogP contribution in [0.15, 0.2) is 36.4 Å². The summed E-state index contributed by atoms with van der Waals surface area (Å²) >= 11 is 1.26. The molecule has 1 fully saturated rings. The molecule has 0 aliphatic heterocycles. The lowest BCUT2D eigenvalue weighted by Crippen LogP contribution is -2.59. The number of carboxylic acids is 1. The zero-order valence-corrected chi connectivity index (χ0v) is 12.5. The first-order valence-corrected chi connectivity index (χ1v) is 7.73. The molecule has 22 heavy (non-hydrogen) atoms. The minimum absolute atomic E-state index is 0.313. The molecule has 6 heteroatoms. The van der Waals surface area contributed by atoms with Crippen LogP contribution in [0.2, 0.25) is 0 Å². The van der Waals surface area contributed by atoms with Gasteiger partial charge in [0.2, 0.25) is 0 Å². The smallest absolute Gasteiger partial charge is 0.329 e. The van der Waals surface area contributed by atoms with Crippen LogP contribution in [0.1, 0.15) is 28.9 Å². The first kappa shape index (κ1) is 14.7. The molecule has 0 radical (unpaired) electrons. The fourth-order valence-corrected chi connectivity index (χ4v) is 3.34. The molecule has 0 saturated heterocycles. The number of thiophene rings is 1. The van der Waals surface area contributed by atoms with Gasteiger partial charge < -0.3 is 10.4 Å². The summed E-state index contributed by atoms with van der Waals surface area (Å²) in [5.41, 5.74) is -0.293. The Morgan fingerprint density at radius 1 is 1.14 bits per heavy atom. The number of benzene rings is 1. The summed E-state index contributed by atoms with van der Waals surface area (Å²) in [4.78, 5) is 24.8. The van der Waals surface area contributed by atoms with Crippen LogP contribution in [0, 0.1) is 5.82 Å². The predicted molar refractivity (Wildman–Crippen MR) is 81.4 cm³/mol. The van der Waals surface area contributed by atoms with Crippen LogP contribution in [-0.4, -0.2) is 22.5 Å². The molecule has 3 rings (SSSR count). The van der Waals surface area contributed by atoms with Crippen molar-refractivity contribution in [1.82, 2.24) is 5.32 Å². The van der Waals surface area contributed by atoms with E-state index in [1.165, 1.54) is 23.5 Å². The first-order chi connectivity index (χ1) is 10.5. The highest BCUT2D eigenvalue weighted by molar-refractivity contribution is 7.17. The van der Waals surface area contributed by atoms with Gasteiger partial charge in [-0.15, -0.1) is 11.3 Å². The second kappa shape index (κ2) is 5.53. The monoisotopic (exact) mass is 319 g/mol. The van der Waals surface area contributed by atoms with Crippen molar-refractivity contribution in [3.8, 4) is 10.4 Å². The molecule has 1 aliphatic rings. The van der Waals surface area contributed by atoms with Crippen molar-refractivity contribution in [1.29, 1.82) is 0 Å². The molecule has 2 aromatic rings. The average molecular weight is 319 g/mol. The van der Waals surface area contributed by atoms with Gasteiger partial charge in [-0.25, -0.2) is 9.18 Å². The van der Waals surface area contributed by atoms with Crippen LogP contribution in [0.25, 0.3) is 10.4 Å². The molecule has 1 heterocycles. The standard InChI is InChI=1S/C16H14FNO3S/c17-11-4-2-10(3-5-11)12-6-7-13(22-12)14(19)18-16(15(20)21)8-1-9-16/h2-7H,1,8-9H2,(H,18,19)(H,20,21). The average Bonchev–Trinajstić information content (AvgIpc) is 2.93. The number of halogens is 1. The van der Waals surface area contributed by atoms with Gasteiger partial charge in [-0.05, 0) is 49.1 Å². The molecule has 0 bridgehead atoms. The van der Waals surface area contributed by atoms with E-state index in [1.54, 1.807) is 24.3 Å². The Hall–Kier alpha value is -2.21. The summed E-state index contributed by atoms with van der Waals surface area (Å²) in [6.07, 6.45) is 1.73. The fourth-order valence-electron chi connectivity index (χ4n) is 2.43. The molecule has 0 unspecified atom stereocenters. The molecular weight excluding hydrogens is 305 g/mol. The Morgan fingerprint density at radius 3 is 2.36 bits per heavy atom. The number of nitrogens with one attached hydrogen (secondary N) is 1. The zero-order valence-electron chi connectivity index (χ0n) is 11.6. The Morgan fingerprint density at radius 2 is 1.82 bits per heavy atom. The molecular formula is C16H14FNO3S. The van der Waals surface area contributed by atoms with E-state index in [2.05, 4.69) is 5.32 Å². The number of hydrogen-bond donors (Lipinski definition) is 2. The lowest BCUT2D eigenvalue weighted by atomic mass is 9.77. The van der Waals surface area contributed by atoms with Gasteiger partial charge in [-0.1, -0.05) is 12.1 Å². The predicted octanol–water partition coefficient (Wildman–Crippen LogP) is 3.29. The third-order valence-electron chi connectivity index (χ3n) is 3.93. The van der Waals surface area contributed by atoms with Gasteiger partial charge in [-0.2, -0.15) is 0 Å². The van der Waals surface area contributed by atoms with Crippen molar-refractivity contribution in [3.63, 3.8) is 0 Å². The molecule has 1 aromatic heterocycles. The van der Waals surface area contributed by atoms with Crippen molar-refractivity contribution in [2.75, 3.05) is 0 Å². The fraction of sp³-hybridized carbons (Fsp3) is 0.250. The van der Waals surface area contributed by atoms with Crippen molar-refractivity contribution < 1.29 is 19.1 Å². The molecule has 4 nitrogen and oxygen atoms in total. The Bertz CT molecular complexity index is 719. The molecule has 0 spiro atoms. The number of amides is 1. The van der Waals surface area contributed by atoms with E-state index in [4.69, 9.17) is 0 Å². The third kappa shape index (κ3) is 2.62. The van der Waals surface area contributed by atoms with Gasteiger partial charge in [0.15, 0.2) is 0 Å². The summed E-state index contributed by atoms with van der Waals surface area (Å²) in [5.74, 6) is -1.67. The van der Waals surface area contributed by atoms with E-state index in [0.717, 1.165) is 16.9 Å². The summed E-state index contributed by atoms with van der Waals surface area (Å²) in [6, 6.07) is 9.46. The molecule has 114 valence electrons.